The van der Waals surface area contributed by atoms with Gasteiger partial charge in [-0.15, -0.1) is 11.3 Å². The van der Waals surface area contributed by atoms with E-state index >= 15 is 0 Å². The summed E-state index contributed by atoms with van der Waals surface area (Å²) in [6.07, 6.45) is 6.79. The van der Waals surface area contributed by atoms with Gasteiger partial charge in [0, 0.05) is 17.6 Å². The maximum atomic E-state index is 13.4. The molecule has 128 valence electrons. The molecule has 6 heteroatoms. The monoisotopic (exact) mass is 352 g/mol. The summed E-state index contributed by atoms with van der Waals surface area (Å²) >= 11 is 1.65. The number of aryl methyl sites for hydroxylation is 1. The van der Waals surface area contributed by atoms with E-state index < -0.39 is 0 Å². The van der Waals surface area contributed by atoms with E-state index in [1.165, 1.54) is 16.0 Å². The van der Waals surface area contributed by atoms with Gasteiger partial charge in [-0.25, -0.2) is 4.98 Å². The normalized spacial score (nSPS) is 18.3. The summed E-state index contributed by atoms with van der Waals surface area (Å²) in [7, 11) is 0. The maximum Gasteiger partial charge on any atom is 0.262 e. The van der Waals surface area contributed by atoms with Crippen LogP contribution < -0.4 is 10.9 Å². The molecule has 5 rings (SSSR count). The van der Waals surface area contributed by atoms with E-state index in [2.05, 4.69) is 28.3 Å². The molecule has 3 aromatic heterocycles. The van der Waals surface area contributed by atoms with Gasteiger partial charge in [0.2, 0.25) is 0 Å². The first-order valence-electron chi connectivity index (χ1n) is 8.87. The number of rotatable bonds is 3. The first-order chi connectivity index (χ1) is 12.2. The van der Waals surface area contributed by atoms with E-state index in [4.69, 9.17) is 0 Å². The lowest BCUT2D eigenvalue weighted by molar-refractivity contribution is 0.489. The van der Waals surface area contributed by atoms with Crippen LogP contribution in [0.4, 0.5) is 0 Å². The Balaban J connectivity index is 1.71. The lowest BCUT2D eigenvalue weighted by Crippen LogP contribution is -2.29. The van der Waals surface area contributed by atoms with Gasteiger partial charge in [-0.3, -0.25) is 14.3 Å². The van der Waals surface area contributed by atoms with Crippen LogP contribution in [0, 0.1) is 12.8 Å². The SMILES string of the molecule is Cc1ccnc([C@@H](C2CC2)n2cnc3sc4c(c3c2=O)CCNC4)c1. The first kappa shape index (κ1) is 15.2. The third kappa shape index (κ3) is 2.51. The number of pyridine rings is 1. The average molecular weight is 352 g/mol. The molecule has 0 amide bonds. The molecule has 5 nitrogen and oxygen atoms in total. The standard InChI is InChI=1S/C19H20N4OS/c1-11-4-7-21-14(8-11)17(12-2-3-12)23-10-22-18-16(19(23)24)13-5-6-20-9-15(13)25-18/h4,7-8,10,12,17,20H,2-3,5-6,9H2,1H3/t17-/m1/s1. The van der Waals surface area contributed by atoms with Crippen LogP contribution in [-0.2, 0) is 13.0 Å². The van der Waals surface area contributed by atoms with E-state index in [1.807, 2.05) is 16.8 Å². The maximum absolute atomic E-state index is 13.4. The van der Waals surface area contributed by atoms with Gasteiger partial charge in [0.15, 0.2) is 0 Å². The van der Waals surface area contributed by atoms with Crippen LogP contribution in [0.2, 0.25) is 0 Å². The molecule has 3 aromatic rings. The minimum atomic E-state index is 0.00145. The molecule has 1 fully saturated rings. The molecule has 1 N–H and O–H groups in total. The second kappa shape index (κ2) is 5.75. The van der Waals surface area contributed by atoms with Crippen molar-refractivity contribution in [1.82, 2.24) is 19.9 Å². The van der Waals surface area contributed by atoms with Gasteiger partial charge in [-0.05, 0) is 61.9 Å². The van der Waals surface area contributed by atoms with Crippen LogP contribution in [0.1, 0.15) is 40.6 Å². The summed E-state index contributed by atoms with van der Waals surface area (Å²) in [5, 5.41) is 4.22. The highest BCUT2D eigenvalue weighted by Gasteiger charge is 2.36. The van der Waals surface area contributed by atoms with Crippen LogP contribution in [0.3, 0.4) is 0 Å². The van der Waals surface area contributed by atoms with Crippen LogP contribution >= 0.6 is 11.3 Å². The summed E-state index contributed by atoms with van der Waals surface area (Å²) in [6.45, 7) is 3.85. The van der Waals surface area contributed by atoms with Crippen molar-refractivity contribution in [2.75, 3.05) is 6.54 Å². The molecular weight excluding hydrogens is 332 g/mol. The Labute approximate surface area is 149 Å². The number of nitrogens with zero attached hydrogens (tertiary/aromatic N) is 3. The molecule has 2 aliphatic rings. The van der Waals surface area contributed by atoms with Crippen molar-refractivity contribution >= 4 is 21.6 Å². The highest BCUT2D eigenvalue weighted by molar-refractivity contribution is 7.18. The molecule has 1 saturated carbocycles. The Kier molecular flexibility index (Phi) is 3.50. The summed E-state index contributed by atoms with van der Waals surface area (Å²) in [5.74, 6) is 0.488. The van der Waals surface area contributed by atoms with Crippen LogP contribution in [-0.4, -0.2) is 21.1 Å². The van der Waals surface area contributed by atoms with Gasteiger partial charge in [0.1, 0.15) is 4.83 Å². The number of aromatic nitrogens is 3. The van der Waals surface area contributed by atoms with Crippen molar-refractivity contribution < 1.29 is 0 Å². The van der Waals surface area contributed by atoms with Crippen molar-refractivity contribution in [2.45, 2.75) is 38.8 Å². The quantitative estimate of drug-likeness (QED) is 0.787. The van der Waals surface area contributed by atoms with E-state index in [0.29, 0.717) is 5.92 Å². The molecule has 0 bridgehead atoms. The fourth-order valence-corrected chi connectivity index (χ4v) is 5.02. The minimum Gasteiger partial charge on any atom is -0.312 e. The smallest absolute Gasteiger partial charge is 0.262 e. The summed E-state index contributed by atoms with van der Waals surface area (Å²) in [5.41, 5.74) is 3.47. The summed E-state index contributed by atoms with van der Waals surface area (Å²) < 4.78 is 1.84. The molecule has 25 heavy (non-hydrogen) atoms. The van der Waals surface area contributed by atoms with Gasteiger partial charge < -0.3 is 5.32 Å². The highest BCUT2D eigenvalue weighted by Crippen LogP contribution is 2.42. The number of nitrogens with one attached hydrogen (secondary N) is 1. The van der Waals surface area contributed by atoms with Crippen LogP contribution in [0.5, 0.6) is 0 Å². The van der Waals surface area contributed by atoms with Crippen molar-refractivity contribution in [3.8, 4) is 0 Å². The number of thiophene rings is 1. The molecule has 0 spiro atoms. The lowest BCUT2D eigenvalue weighted by atomic mass is 10.0. The Morgan fingerprint density at radius 1 is 1.36 bits per heavy atom. The molecule has 1 aliphatic heterocycles. The number of fused-ring (bicyclic) bond motifs is 3. The molecule has 1 aliphatic carbocycles. The molecule has 0 radical (unpaired) electrons. The largest absolute Gasteiger partial charge is 0.312 e. The van der Waals surface area contributed by atoms with Crippen LogP contribution in [0.25, 0.3) is 10.2 Å². The zero-order valence-corrected chi connectivity index (χ0v) is 15.0. The van der Waals surface area contributed by atoms with E-state index in [0.717, 1.165) is 48.3 Å². The Morgan fingerprint density at radius 3 is 3.04 bits per heavy atom. The third-order valence-corrected chi connectivity index (χ3v) is 6.41. The molecule has 0 saturated heterocycles. The molecule has 0 aromatic carbocycles. The highest BCUT2D eigenvalue weighted by atomic mass is 32.1. The summed E-state index contributed by atoms with van der Waals surface area (Å²) in [4.78, 5) is 24.7. The first-order valence-corrected chi connectivity index (χ1v) is 9.68. The van der Waals surface area contributed by atoms with Gasteiger partial charge in [-0.2, -0.15) is 0 Å². The van der Waals surface area contributed by atoms with Gasteiger partial charge in [0.25, 0.3) is 5.56 Å². The van der Waals surface area contributed by atoms with E-state index in [9.17, 15) is 4.79 Å². The van der Waals surface area contributed by atoms with Crippen molar-refractivity contribution in [2.24, 2.45) is 5.92 Å². The Bertz CT molecular complexity index is 1020. The third-order valence-electron chi connectivity index (χ3n) is 5.27. The zero-order chi connectivity index (χ0) is 17.0. The van der Waals surface area contributed by atoms with E-state index in [1.54, 1.807) is 17.7 Å². The van der Waals surface area contributed by atoms with Gasteiger partial charge >= 0.3 is 0 Å². The lowest BCUT2D eigenvalue weighted by Gasteiger charge is -2.19. The topological polar surface area (TPSA) is 59.8 Å². The van der Waals surface area contributed by atoms with Gasteiger partial charge in [0.05, 0.1) is 23.4 Å². The average Bonchev–Trinajstić information content (AvgIpc) is 3.36. The van der Waals surface area contributed by atoms with Crippen molar-refractivity contribution in [1.29, 1.82) is 0 Å². The van der Waals surface area contributed by atoms with Gasteiger partial charge in [-0.1, -0.05) is 0 Å². The molecule has 1 atom stereocenters. The zero-order valence-electron chi connectivity index (χ0n) is 14.2. The van der Waals surface area contributed by atoms with Crippen molar-refractivity contribution in [3.63, 3.8) is 0 Å². The minimum absolute atomic E-state index is 0.00145. The molecular formula is C19H20N4OS. The fourth-order valence-electron chi connectivity index (χ4n) is 3.87. The second-order valence-electron chi connectivity index (χ2n) is 7.11. The second-order valence-corrected chi connectivity index (χ2v) is 8.19. The van der Waals surface area contributed by atoms with Crippen LogP contribution in [0.15, 0.2) is 29.5 Å². The fraction of sp³-hybridized carbons (Fsp3) is 0.421. The molecule has 4 heterocycles. The Morgan fingerprint density at radius 2 is 2.24 bits per heavy atom. The molecule has 0 unspecified atom stereocenters. The van der Waals surface area contributed by atoms with E-state index in [-0.39, 0.29) is 11.6 Å². The van der Waals surface area contributed by atoms with Crippen molar-refractivity contribution in [3.05, 3.63) is 56.7 Å². The Hall–Kier alpha value is -2.05. The predicted molar refractivity (Wildman–Crippen MR) is 99.1 cm³/mol. The number of hydrogen-bond acceptors (Lipinski definition) is 5. The number of hydrogen-bond donors (Lipinski definition) is 1. The summed E-state index contributed by atoms with van der Waals surface area (Å²) in [6, 6.07) is 4.11. The predicted octanol–water partition coefficient (Wildman–Crippen LogP) is 2.81.